The first-order valence-electron chi connectivity index (χ1n) is 8.47. The van der Waals surface area contributed by atoms with Gasteiger partial charge in [0.25, 0.3) is 0 Å². The summed E-state index contributed by atoms with van der Waals surface area (Å²) in [5.41, 5.74) is 2.40. The molecule has 5 nitrogen and oxygen atoms in total. The lowest BCUT2D eigenvalue weighted by molar-refractivity contribution is -0.118. The number of amides is 1. The van der Waals surface area contributed by atoms with Gasteiger partial charge in [0.2, 0.25) is 12.7 Å². The molecule has 1 aliphatic heterocycles. The molecule has 1 fully saturated rings. The standard InChI is InChI=1S/C20H16N2O3S/c23-18(22-19-21-15(11-26-19)13-4-2-1-3-5-13)20(8-9-20)14-6-7-16-17(10-14)25-12-24-16/h1-7,10-11H,8-9,12H2,(H,21,22,23). The molecule has 3 aromatic rings. The Morgan fingerprint density at radius 3 is 2.69 bits per heavy atom. The largest absolute Gasteiger partial charge is 0.454 e. The second kappa shape index (κ2) is 5.85. The molecule has 5 rings (SSSR count). The van der Waals surface area contributed by atoms with E-state index < -0.39 is 5.41 Å². The summed E-state index contributed by atoms with van der Waals surface area (Å²) in [7, 11) is 0. The molecule has 26 heavy (non-hydrogen) atoms. The zero-order valence-electron chi connectivity index (χ0n) is 13.9. The number of aromatic nitrogens is 1. The molecule has 0 atom stereocenters. The fourth-order valence-electron chi connectivity index (χ4n) is 3.26. The van der Waals surface area contributed by atoms with Gasteiger partial charge in [-0.3, -0.25) is 4.79 Å². The van der Waals surface area contributed by atoms with Crippen LogP contribution in [-0.2, 0) is 10.2 Å². The maximum Gasteiger partial charge on any atom is 0.236 e. The van der Waals surface area contributed by atoms with E-state index in [9.17, 15) is 4.79 Å². The Morgan fingerprint density at radius 2 is 1.88 bits per heavy atom. The number of ether oxygens (including phenoxy) is 2. The molecule has 1 saturated carbocycles. The van der Waals surface area contributed by atoms with Gasteiger partial charge in [-0.15, -0.1) is 11.3 Å². The molecule has 2 aromatic carbocycles. The van der Waals surface area contributed by atoms with Crippen molar-refractivity contribution in [1.29, 1.82) is 0 Å². The fraction of sp³-hybridized carbons (Fsp3) is 0.200. The summed E-state index contributed by atoms with van der Waals surface area (Å²) in [6.45, 7) is 0.235. The quantitative estimate of drug-likeness (QED) is 0.753. The molecule has 1 N–H and O–H groups in total. The topological polar surface area (TPSA) is 60.5 Å². The van der Waals surface area contributed by atoms with E-state index in [0.29, 0.717) is 10.9 Å². The predicted molar refractivity (Wildman–Crippen MR) is 99.7 cm³/mol. The van der Waals surface area contributed by atoms with Crippen LogP contribution in [0.4, 0.5) is 5.13 Å². The van der Waals surface area contributed by atoms with E-state index in [1.807, 2.05) is 53.9 Å². The third-order valence-corrected chi connectivity index (χ3v) is 5.66. The van der Waals surface area contributed by atoms with Gasteiger partial charge in [0.1, 0.15) is 0 Å². The van der Waals surface area contributed by atoms with Crippen molar-refractivity contribution in [3.05, 3.63) is 59.5 Å². The zero-order chi connectivity index (χ0) is 17.6. The minimum Gasteiger partial charge on any atom is -0.454 e. The molecule has 2 heterocycles. The summed E-state index contributed by atoms with van der Waals surface area (Å²) in [4.78, 5) is 17.5. The van der Waals surface area contributed by atoms with Gasteiger partial charge in [0.05, 0.1) is 11.1 Å². The van der Waals surface area contributed by atoms with E-state index in [0.717, 1.165) is 35.4 Å². The first-order chi connectivity index (χ1) is 12.7. The normalized spacial score (nSPS) is 16.3. The van der Waals surface area contributed by atoms with Gasteiger partial charge in [0, 0.05) is 10.9 Å². The van der Waals surface area contributed by atoms with Crippen LogP contribution in [0.1, 0.15) is 18.4 Å². The Labute approximate surface area is 154 Å². The van der Waals surface area contributed by atoms with Crippen LogP contribution in [0.15, 0.2) is 53.9 Å². The van der Waals surface area contributed by atoms with Crippen LogP contribution >= 0.6 is 11.3 Å². The first-order valence-corrected chi connectivity index (χ1v) is 9.35. The van der Waals surface area contributed by atoms with Gasteiger partial charge >= 0.3 is 0 Å². The van der Waals surface area contributed by atoms with Crippen molar-refractivity contribution < 1.29 is 14.3 Å². The molecule has 6 heteroatoms. The summed E-state index contributed by atoms with van der Waals surface area (Å²) in [6, 6.07) is 15.7. The second-order valence-corrected chi connectivity index (χ2v) is 7.37. The minimum atomic E-state index is -0.487. The summed E-state index contributed by atoms with van der Waals surface area (Å²) in [5, 5.41) is 5.59. The number of carbonyl (C=O) groups is 1. The molecule has 0 unspecified atom stereocenters. The van der Waals surface area contributed by atoms with E-state index in [-0.39, 0.29) is 12.7 Å². The highest BCUT2D eigenvalue weighted by atomic mass is 32.1. The monoisotopic (exact) mass is 364 g/mol. The molecule has 1 aliphatic carbocycles. The number of anilines is 1. The molecule has 130 valence electrons. The third-order valence-electron chi connectivity index (χ3n) is 4.90. The molecular formula is C20H16N2O3S. The molecule has 2 aliphatic rings. The number of rotatable bonds is 4. The SMILES string of the molecule is O=C(Nc1nc(-c2ccccc2)cs1)C1(c2ccc3c(c2)OCO3)CC1. The lowest BCUT2D eigenvalue weighted by Gasteiger charge is -2.15. The van der Waals surface area contributed by atoms with E-state index >= 15 is 0 Å². The molecule has 1 amide bonds. The van der Waals surface area contributed by atoms with Gasteiger partial charge in [-0.1, -0.05) is 36.4 Å². The Hall–Kier alpha value is -2.86. The molecular weight excluding hydrogens is 348 g/mol. The maximum absolute atomic E-state index is 12.9. The average Bonchev–Trinajstić information content (AvgIpc) is 3.13. The van der Waals surface area contributed by atoms with Crippen LogP contribution in [0, 0.1) is 0 Å². The van der Waals surface area contributed by atoms with Crippen LogP contribution in [0.25, 0.3) is 11.3 Å². The number of nitrogens with one attached hydrogen (secondary N) is 1. The van der Waals surface area contributed by atoms with Crippen molar-refractivity contribution in [2.24, 2.45) is 0 Å². The van der Waals surface area contributed by atoms with Crippen molar-refractivity contribution in [1.82, 2.24) is 4.98 Å². The Bertz CT molecular complexity index is 980. The average molecular weight is 364 g/mol. The fourth-order valence-corrected chi connectivity index (χ4v) is 3.97. The lowest BCUT2D eigenvalue weighted by atomic mass is 9.94. The van der Waals surface area contributed by atoms with Crippen molar-refractivity contribution >= 4 is 22.4 Å². The van der Waals surface area contributed by atoms with Crippen molar-refractivity contribution in [3.8, 4) is 22.8 Å². The van der Waals surface area contributed by atoms with E-state index in [2.05, 4.69) is 10.3 Å². The first kappa shape index (κ1) is 15.4. The summed E-state index contributed by atoms with van der Waals surface area (Å²) < 4.78 is 10.8. The van der Waals surface area contributed by atoms with Crippen LogP contribution in [-0.4, -0.2) is 17.7 Å². The highest BCUT2D eigenvalue weighted by molar-refractivity contribution is 7.14. The smallest absolute Gasteiger partial charge is 0.236 e. The van der Waals surface area contributed by atoms with Crippen LogP contribution in [0.2, 0.25) is 0 Å². The Morgan fingerprint density at radius 1 is 1.08 bits per heavy atom. The van der Waals surface area contributed by atoms with Gasteiger partial charge < -0.3 is 14.8 Å². The molecule has 0 saturated heterocycles. The van der Waals surface area contributed by atoms with Gasteiger partial charge in [0.15, 0.2) is 16.6 Å². The number of hydrogen-bond donors (Lipinski definition) is 1. The second-order valence-electron chi connectivity index (χ2n) is 6.51. The number of thiazole rings is 1. The zero-order valence-corrected chi connectivity index (χ0v) is 14.7. The number of nitrogens with zero attached hydrogens (tertiary/aromatic N) is 1. The molecule has 0 radical (unpaired) electrons. The highest BCUT2D eigenvalue weighted by Gasteiger charge is 2.52. The Kier molecular flexibility index (Phi) is 3.46. The van der Waals surface area contributed by atoms with Crippen molar-refractivity contribution in [2.45, 2.75) is 18.3 Å². The lowest BCUT2D eigenvalue weighted by Crippen LogP contribution is -2.27. The van der Waals surface area contributed by atoms with Crippen LogP contribution in [0.5, 0.6) is 11.5 Å². The third kappa shape index (κ3) is 2.54. The Balaban J connectivity index is 1.36. The van der Waals surface area contributed by atoms with Gasteiger partial charge in [-0.2, -0.15) is 0 Å². The van der Waals surface area contributed by atoms with Gasteiger partial charge in [-0.05, 0) is 30.5 Å². The van der Waals surface area contributed by atoms with E-state index in [4.69, 9.17) is 9.47 Å². The summed E-state index contributed by atoms with van der Waals surface area (Å²) >= 11 is 1.44. The highest BCUT2D eigenvalue weighted by Crippen LogP contribution is 2.51. The molecule has 1 aromatic heterocycles. The number of carbonyl (C=O) groups excluding carboxylic acids is 1. The van der Waals surface area contributed by atoms with E-state index in [1.54, 1.807) is 0 Å². The number of hydrogen-bond acceptors (Lipinski definition) is 5. The van der Waals surface area contributed by atoms with Crippen LogP contribution in [0.3, 0.4) is 0 Å². The summed E-state index contributed by atoms with van der Waals surface area (Å²) in [5.74, 6) is 1.44. The van der Waals surface area contributed by atoms with Gasteiger partial charge in [-0.25, -0.2) is 4.98 Å². The number of benzene rings is 2. The van der Waals surface area contributed by atoms with Crippen LogP contribution < -0.4 is 14.8 Å². The number of fused-ring (bicyclic) bond motifs is 1. The van der Waals surface area contributed by atoms with E-state index in [1.165, 1.54) is 11.3 Å². The van der Waals surface area contributed by atoms with Crippen molar-refractivity contribution in [3.63, 3.8) is 0 Å². The maximum atomic E-state index is 12.9. The van der Waals surface area contributed by atoms with Crippen molar-refractivity contribution in [2.75, 3.05) is 12.1 Å². The predicted octanol–water partition coefficient (Wildman–Crippen LogP) is 4.21. The molecule has 0 spiro atoms. The minimum absolute atomic E-state index is 0.00896. The summed E-state index contributed by atoms with van der Waals surface area (Å²) in [6.07, 6.45) is 1.66. The molecule has 0 bridgehead atoms.